The van der Waals surface area contributed by atoms with E-state index in [1.807, 2.05) is 0 Å². The van der Waals surface area contributed by atoms with Crippen molar-refractivity contribution in [1.29, 1.82) is 0 Å². The van der Waals surface area contributed by atoms with Crippen LogP contribution in [0.3, 0.4) is 0 Å². The molecule has 5 heteroatoms. The Hall–Kier alpha value is -1.23. The van der Waals surface area contributed by atoms with Gasteiger partial charge in [-0.15, -0.1) is 0 Å². The maximum atomic E-state index is 12.6. The van der Waals surface area contributed by atoms with Crippen molar-refractivity contribution in [1.82, 2.24) is 9.97 Å². The molecular formula is C12H18FN3O. The van der Waals surface area contributed by atoms with E-state index in [0.29, 0.717) is 12.5 Å². The highest BCUT2D eigenvalue weighted by Crippen LogP contribution is 2.26. The number of nitrogens with one attached hydrogen (secondary N) is 1. The van der Waals surface area contributed by atoms with Gasteiger partial charge in [0.25, 0.3) is 0 Å². The van der Waals surface area contributed by atoms with E-state index >= 15 is 0 Å². The topological polar surface area (TPSA) is 58.0 Å². The molecule has 0 radical (unpaired) electrons. The van der Waals surface area contributed by atoms with Crippen LogP contribution in [0.4, 0.5) is 10.3 Å². The second kappa shape index (κ2) is 5.40. The van der Waals surface area contributed by atoms with Crippen molar-refractivity contribution in [3.63, 3.8) is 0 Å². The van der Waals surface area contributed by atoms with Crippen molar-refractivity contribution < 1.29 is 9.50 Å². The summed E-state index contributed by atoms with van der Waals surface area (Å²) >= 11 is 0. The third kappa shape index (κ3) is 3.63. The Balaban J connectivity index is 1.89. The maximum absolute atomic E-state index is 12.6. The van der Waals surface area contributed by atoms with Gasteiger partial charge in [0, 0.05) is 6.54 Å². The molecule has 0 unspecified atom stereocenters. The van der Waals surface area contributed by atoms with Crippen molar-refractivity contribution >= 4 is 5.95 Å². The van der Waals surface area contributed by atoms with E-state index in [0.717, 1.165) is 38.1 Å². The van der Waals surface area contributed by atoms with Gasteiger partial charge in [0.2, 0.25) is 5.95 Å². The molecule has 1 saturated carbocycles. The largest absolute Gasteiger partial charge is 0.388 e. The van der Waals surface area contributed by atoms with Crippen molar-refractivity contribution in [2.24, 2.45) is 0 Å². The first-order valence-electron chi connectivity index (χ1n) is 6.12. The monoisotopic (exact) mass is 239 g/mol. The smallest absolute Gasteiger partial charge is 0.222 e. The molecule has 0 saturated heterocycles. The van der Waals surface area contributed by atoms with E-state index in [4.69, 9.17) is 0 Å². The van der Waals surface area contributed by atoms with Gasteiger partial charge < -0.3 is 10.4 Å². The van der Waals surface area contributed by atoms with Gasteiger partial charge in [-0.05, 0) is 12.8 Å². The number of anilines is 1. The predicted octanol–water partition coefficient (Wildman–Crippen LogP) is 2.11. The number of nitrogens with zero attached hydrogens (tertiary/aromatic N) is 2. The summed E-state index contributed by atoms with van der Waals surface area (Å²) < 4.78 is 12.6. The molecule has 0 spiro atoms. The number of rotatable bonds is 3. The Morgan fingerprint density at radius 1 is 1.18 bits per heavy atom. The first kappa shape index (κ1) is 12.2. The summed E-state index contributed by atoms with van der Waals surface area (Å²) in [6.45, 7) is 0.429. The molecule has 0 aliphatic heterocycles. The molecule has 17 heavy (non-hydrogen) atoms. The zero-order valence-corrected chi connectivity index (χ0v) is 9.82. The van der Waals surface area contributed by atoms with Gasteiger partial charge in [-0.3, -0.25) is 0 Å². The summed E-state index contributed by atoms with van der Waals surface area (Å²) in [6, 6.07) is 0. The van der Waals surface area contributed by atoms with Crippen molar-refractivity contribution in [3.8, 4) is 0 Å². The van der Waals surface area contributed by atoms with Crippen LogP contribution in [0, 0.1) is 5.82 Å². The molecule has 1 aliphatic rings. The summed E-state index contributed by atoms with van der Waals surface area (Å²) in [4.78, 5) is 7.62. The van der Waals surface area contributed by atoms with Crippen LogP contribution in [0.2, 0.25) is 0 Å². The van der Waals surface area contributed by atoms with Crippen LogP contribution in [0.5, 0.6) is 0 Å². The lowest BCUT2D eigenvalue weighted by molar-refractivity contribution is 0.0379. The molecule has 1 aliphatic carbocycles. The predicted molar refractivity (Wildman–Crippen MR) is 63.1 cm³/mol. The highest BCUT2D eigenvalue weighted by atomic mass is 19.1. The standard InChI is InChI=1S/C12H18FN3O/c13-10-7-14-11(15-8-10)16-9-12(17)5-3-1-2-4-6-12/h7-8,17H,1-6,9H2,(H,14,15,16). The van der Waals surface area contributed by atoms with Crippen LogP contribution in [0.25, 0.3) is 0 Å². The second-order valence-electron chi connectivity index (χ2n) is 4.72. The zero-order chi connectivity index (χ0) is 12.1. The number of hydrogen-bond donors (Lipinski definition) is 2. The number of halogens is 1. The van der Waals surface area contributed by atoms with E-state index in [-0.39, 0.29) is 0 Å². The molecule has 0 atom stereocenters. The van der Waals surface area contributed by atoms with Gasteiger partial charge >= 0.3 is 0 Å². The van der Waals surface area contributed by atoms with Crippen molar-refractivity contribution in [2.45, 2.75) is 44.1 Å². The lowest BCUT2D eigenvalue weighted by atomic mass is 9.95. The van der Waals surface area contributed by atoms with Crippen LogP contribution in [0.1, 0.15) is 38.5 Å². The number of aliphatic hydroxyl groups is 1. The Labute approximate surface area is 100 Å². The zero-order valence-electron chi connectivity index (χ0n) is 9.82. The number of hydrogen-bond acceptors (Lipinski definition) is 4. The van der Waals surface area contributed by atoms with Crippen LogP contribution in [-0.2, 0) is 0 Å². The highest BCUT2D eigenvalue weighted by Gasteiger charge is 2.27. The second-order valence-corrected chi connectivity index (χ2v) is 4.72. The minimum Gasteiger partial charge on any atom is -0.388 e. The van der Waals surface area contributed by atoms with Gasteiger partial charge in [0.05, 0.1) is 18.0 Å². The molecule has 2 N–H and O–H groups in total. The minimum absolute atomic E-state index is 0.365. The van der Waals surface area contributed by atoms with E-state index in [1.54, 1.807) is 0 Å². The normalized spacial score (nSPS) is 19.6. The van der Waals surface area contributed by atoms with Crippen molar-refractivity contribution in [2.75, 3.05) is 11.9 Å². The Kier molecular flexibility index (Phi) is 3.89. The van der Waals surface area contributed by atoms with Crippen LogP contribution in [-0.4, -0.2) is 27.2 Å². The molecular weight excluding hydrogens is 221 g/mol. The van der Waals surface area contributed by atoms with Gasteiger partial charge in [-0.25, -0.2) is 14.4 Å². The minimum atomic E-state index is -0.672. The van der Waals surface area contributed by atoms with Crippen LogP contribution >= 0.6 is 0 Å². The van der Waals surface area contributed by atoms with E-state index < -0.39 is 11.4 Å². The van der Waals surface area contributed by atoms with Crippen LogP contribution in [0.15, 0.2) is 12.4 Å². The van der Waals surface area contributed by atoms with Crippen LogP contribution < -0.4 is 5.32 Å². The summed E-state index contributed by atoms with van der Waals surface area (Å²) in [5.74, 6) is -0.0900. The Bertz CT molecular complexity index is 347. The molecule has 0 amide bonds. The average Bonchev–Trinajstić information content (AvgIpc) is 2.54. The Morgan fingerprint density at radius 2 is 1.76 bits per heavy atom. The fraction of sp³-hybridized carbons (Fsp3) is 0.667. The molecule has 1 aromatic rings. The van der Waals surface area contributed by atoms with Gasteiger partial charge in [-0.2, -0.15) is 0 Å². The first-order chi connectivity index (χ1) is 8.18. The molecule has 1 heterocycles. The molecule has 2 rings (SSSR count). The number of aromatic nitrogens is 2. The van der Waals surface area contributed by atoms with Gasteiger partial charge in [0.15, 0.2) is 5.82 Å². The molecule has 1 aromatic heterocycles. The summed E-state index contributed by atoms with van der Waals surface area (Å²) in [7, 11) is 0. The van der Waals surface area contributed by atoms with E-state index in [9.17, 15) is 9.50 Å². The molecule has 94 valence electrons. The lowest BCUT2D eigenvalue weighted by Crippen LogP contribution is -2.36. The molecule has 0 aromatic carbocycles. The lowest BCUT2D eigenvalue weighted by Gasteiger charge is -2.26. The fourth-order valence-electron chi connectivity index (χ4n) is 2.21. The van der Waals surface area contributed by atoms with Gasteiger partial charge in [0.1, 0.15) is 0 Å². The maximum Gasteiger partial charge on any atom is 0.222 e. The van der Waals surface area contributed by atoms with E-state index in [2.05, 4.69) is 15.3 Å². The fourth-order valence-corrected chi connectivity index (χ4v) is 2.21. The highest BCUT2D eigenvalue weighted by molar-refractivity contribution is 5.23. The SMILES string of the molecule is OC1(CNc2ncc(F)cn2)CCCCCC1. The average molecular weight is 239 g/mol. The third-order valence-corrected chi connectivity index (χ3v) is 3.23. The molecule has 4 nitrogen and oxygen atoms in total. The summed E-state index contributed by atoms with van der Waals surface area (Å²) in [6.07, 6.45) is 8.34. The third-order valence-electron chi connectivity index (χ3n) is 3.23. The molecule has 0 bridgehead atoms. The summed E-state index contributed by atoms with van der Waals surface area (Å²) in [5.41, 5.74) is -0.672. The molecule has 1 fully saturated rings. The Morgan fingerprint density at radius 3 is 2.35 bits per heavy atom. The van der Waals surface area contributed by atoms with Gasteiger partial charge in [-0.1, -0.05) is 25.7 Å². The van der Waals surface area contributed by atoms with E-state index in [1.165, 1.54) is 12.8 Å². The summed E-state index contributed by atoms with van der Waals surface area (Å²) in [5, 5.41) is 13.3. The first-order valence-corrected chi connectivity index (χ1v) is 6.12. The quantitative estimate of drug-likeness (QED) is 0.793. The van der Waals surface area contributed by atoms with Crippen molar-refractivity contribution in [3.05, 3.63) is 18.2 Å².